The number of thioether (sulfide) groups is 1. The Balaban J connectivity index is 1.50. The summed E-state index contributed by atoms with van der Waals surface area (Å²) in [6.45, 7) is 1.67. The number of nitrogens with one attached hydrogen (secondary N) is 1. The van der Waals surface area contributed by atoms with E-state index in [1.165, 1.54) is 24.2 Å². The second-order valence-corrected chi connectivity index (χ2v) is 7.07. The number of benzene rings is 2. The highest BCUT2D eigenvalue weighted by molar-refractivity contribution is 8.00. The Labute approximate surface area is 164 Å². The Hall–Kier alpha value is -3.26. The lowest BCUT2D eigenvalue weighted by Crippen LogP contribution is -2.14. The van der Waals surface area contributed by atoms with Crippen LogP contribution in [0.25, 0.3) is 16.7 Å². The van der Waals surface area contributed by atoms with Crippen LogP contribution in [0.4, 0.5) is 10.1 Å². The Morgan fingerprint density at radius 3 is 2.79 bits per heavy atom. The van der Waals surface area contributed by atoms with Crippen molar-refractivity contribution >= 4 is 34.4 Å². The van der Waals surface area contributed by atoms with Gasteiger partial charge >= 0.3 is 0 Å². The fourth-order valence-electron chi connectivity index (χ4n) is 2.70. The van der Waals surface area contributed by atoms with E-state index in [1.54, 1.807) is 29.9 Å². The van der Waals surface area contributed by atoms with Gasteiger partial charge in [0.25, 0.3) is 0 Å². The molecular weight excluding hydrogens is 377 g/mol. The highest BCUT2D eigenvalue weighted by Crippen LogP contribution is 2.26. The van der Waals surface area contributed by atoms with Crippen molar-refractivity contribution in [3.63, 3.8) is 0 Å². The van der Waals surface area contributed by atoms with Gasteiger partial charge in [-0.15, -0.1) is 0 Å². The van der Waals surface area contributed by atoms with Crippen LogP contribution in [-0.2, 0) is 4.79 Å². The average Bonchev–Trinajstić information content (AvgIpc) is 3.15. The lowest BCUT2D eigenvalue weighted by atomic mass is 10.2. The Morgan fingerprint density at radius 2 is 2.00 bits per heavy atom. The van der Waals surface area contributed by atoms with E-state index in [2.05, 4.69) is 20.4 Å². The van der Waals surface area contributed by atoms with Crippen molar-refractivity contribution in [3.8, 4) is 5.69 Å². The number of hydrogen-bond donors (Lipinski definition) is 1. The van der Waals surface area contributed by atoms with Crippen molar-refractivity contribution in [2.45, 2.75) is 11.9 Å². The fourth-order valence-corrected chi connectivity index (χ4v) is 3.46. The van der Waals surface area contributed by atoms with Gasteiger partial charge in [-0.3, -0.25) is 4.79 Å². The number of aryl methyl sites for hydroxylation is 1. The molecule has 0 aliphatic carbocycles. The van der Waals surface area contributed by atoms with Crippen molar-refractivity contribution in [1.29, 1.82) is 0 Å². The maximum absolute atomic E-state index is 13.6. The van der Waals surface area contributed by atoms with Crippen LogP contribution in [0.5, 0.6) is 0 Å². The first-order chi connectivity index (χ1) is 13.6. The van der Waals surface area contributed by atoms with E-state index in [0.717, 1.165) is 11.1 Å². The van der Waals surface area contributed by atoms with Crippen LogP contribution >= 0.6 is 11.8 Å². The predicted octanol–water partition coefficient (Wildman–Crippen LogP) is 3.99. The number of carbonyl (C=O) groups excluding carboxylic acids is 1. The zero-order valence-electron chi connectivity index (χ0n) is 15.0. The molecule has 0 radical (unpaired) electrons. The minimum atomic E-state index is -0.351. The molecule has 0 unspecified atom stereocenters. The van der Waals surface area contributed by atoms with Crippen molar-refractivity contribution in [1.82, 2.24) is 19.7 Å². The van der Waals surface area contributed by atoms with Crippen molar-refractivity contribution in [2.24, 2.45) is 0 Å². The Morgan fingerprint density at radius 1 is 1.18 bits per heavy atom. The number of halogens is 1. The number of hydrogen-bond acceptors (Lipinski definition) is 5. The number of fused-ring (bicyclic) bond motifs is 1. The van der Waals surface area contributed by atoms with E-state index < -0.39 is 0 Å². The number of amides is 1. The van der Waals surface area contributed by atoms with Crippen LogP contribution in [0.1, 0.15) is 5.56 Å². The van der Waals surface area contributed by atoms with Crippen molar-refractivity contribution < 1.29 is 9.18 Å². The number of rotatable bonds is 5. The van der Waals surface area contributed by atoms with E-state index in [0.29, 0.717) is 21.9 Å². The summed E-state index contributed by atoms with van der Waals surface area (Å²) in [4.78, 5) is 20.8. The van der Waals surface area contributed by atoms with Crippen LogP contribution in [0, 0.1) is 12.7 Å². The van der Waals surface area contributed by atoms with E-state index >= 15 is 0 Å². The van der Waals surface area contributed by atoms with Gasteiger partial charge in [-0.1, -0.05) is 36.0 Å². The molecule has 0 spiro atoms. The molecule has 0 aliphatic rings. The molecule has 6 nitrogen and oxygen atoms in total. The number of nitrogens with zero attached hydrogens (tertiary/aromatic N) is 4. The highest BCUT2D eigenvalue weighted by Gasteiger charge is 2.13. The number of para-hydroxylation sites is 1. The van der Waals surface area contributed by atoms with Gasteiger partial charge in [0.15, 0.2) is 5.65 Å². The second kappa shape index (κ2) is 7.77. The van der Waals surface area contributed by atoms with Gasteiger partial charge in [0.2, 0.25) is 5.91 Å². The van der Waals surface area contributed by atoms with Gasteiger partial charge in [-0.05, 0) is 36.8 Å². The average molecular weight is 393 g/mol. The molecule has 0 bridgehead atoms. The third-order valence-corrected chi connectivity index (χ3v) is 5.13. The SMILES string of the molecule is Cc1ccc(NC(=O)CSc2ncnc3c2cnn3-c2ccccc2)cc1F. The summed E-state index contributed by atoms with van der Waals surface area (Å²) in [5, 5.41) is 8.53. The van der Waals surface area contributed by atoms with Crippen molar-refractivity contribution in [2.75, 3.05) is 11.1 Å². The van der Waals surface area contributed by atoms with Gasteiger partial charge in [0.1, 0.15) is 17.2 Å². The summed E-state index contributed by atoms with van der Waals surface area (Å²) < 4.78 is 15.3. The maximum Gasteiger partial charge on any atom is 0.234 e. The molecule has 2 aromatic carbocycles. The number of carbonyl (C=O) groups is 1. The molecule has 1 amide bonds. The topological polar surface area (TPSA) is 72.7 Å². The Bertz CT molecular complexity index is 1150. The molecule has 140 valence electrons. The van der Waals surface area contributed by atoms with Crippen LogP contribution in [0.2, 0.25) is 0 Å². The van der Waals surface area contributed by atoms with Gasteiger partial charge in [0.05, 0.1) is 23.0 Å². The molecule has 4 rings (SSSR count). The summed E-state index contributed by atoms with van der Waals surface area (Å²) in [6, 6.07) is 14.3. The summed E-state index contributed by atoms with van der Waals surface area (Å²) in [5.74, 6) is -0.454. The monoisotopic (exact) mass is 393 g/mol. The molecule has 28 heavy (non-hydrogen) atoms. The van der Waals surface area contributed by atoms with Crippen LogP contribution < -0.4 is 5.32 Å². The molecule has 1 N–H and O–H groups in total. The van der Waals surface area contributed by atoms with E-state index in [-0.39, 0.29) is 17.5 Å². The first-order valence-corrected chi connectivity index (χ1v) is 9.53. The van der Waals surface area contributed by atoms with Gasteiger partial charge in [-0.25, -0.2) is 19.0 Å². The molecule has 2 heterocycles. The lowest BCUT2D eigenvalue weighted by Gasteiger charge is -2.07. The number of anilines is 1. The molecule has 0 aliphatic heterocycles. The zero-order valence-corrected chi connectivity index (χ0v) is 15.8. The molecule has 0 atom stereocenters. The summed E-state index contributed by atoms with van der Waals surface area (Å²) >= 11 is 1.28. The summed E-state index contributed by atoms with van der Waals surface area (Å²) in [5.41, 5.74) is 2.53. The van der Waals surface area contributed by atoms with Gasteiger partial charge < -0.3 is 5.32 Å². The minimum Gasteiger partial charge on any atom is -0.325 e. The molecule has 0 fully saturated rings. The zero-order chi connectivity index (χ0) is 19.5. The first kappa shape index (κ1) is 18.1. The smallest absolute Gasteiger partial charge is 0.234 e. The lowest BCUT2D eigenvalue weighted by molar-refractivity contribution is -0.113. The molecule has 0 saturated heterocycles. The van der Waals surface area contributed by atoms with Crippen LogP contribution in [0.3, 0.4) is 0 Å². The van der Waals surface area contributed by atoms with E-state index in [4.69, 9.17) is 0 Å². The summed E-state index contributed by atoms with van der Waals surface area (Å²) in [7, 11) is 0. The maximum atomic E-state index is 13.6. The summed E-state index contributed by atoms with van der Waals surface area (Å²) in [6.07, 6.45) is 3.15. The van der Waals surface area contributed by atoms with E-state index in [1.807, 2.05) is 30.3 Å². The van der Waals surface area contributed by atoms with Gasteiger partial charge in [0, 0.05) is 5.69 Å². The molecule has 8 heteroatoms. The first-order valence-electron chi connectivity index (χ1n) is 8.55. The Kier molecular flexibility index (Phi) is 5.03. The largest absolute Gasteiger partial charge is 0.325 e. The molecule has 0 saturated carbocycles. The molecule has 2 aromatic heterocycles. The molecular formula is C20H16FN5OS. The predicted molar refractivity (Wildman–Crippen MR) is 107 cm³/mol. The van der Waals surface area contributed by atoms with Crippen molar-refractivity contribution in [3.05, 3.63) is 72.4 Å². The van der Waals surface area contributed by atoms with Crippen LogP contribution in [-0.4, -0.2) is 31.4 Å². The molecule has 4 aromatic rings. The van der Waals surface area contributed by atoms with Gasteiger partial charge in [-0.2, -0.15) is 5.10 Å². The highest BCUT2D eigenvalue weighted by atomic mass is 32.2. The van der Waals surface area contributed by atoms with Crippen LogP contribution in [0.15, 0.2) is 66.1 Å². The number of aromatic nitrogens is 4. The van der Waals surface area contributed by atoms with E-state index in [9.17, 15) is 9.18 Å². The third kappa shape index (κ3) is 3.72. The minimum absolute atomic E-state index is 0.137. The quantitative estimate of drug-likeness (QED) is 0.410. The fraction of sp³-hybridized carbons (Fsp3) is 0.100. The normalized spacial score (nSPS) is 10.9. The second-order valence-electron chi connectivity index (χ2n) is 6.11. The standard InChI is InChI=1S/C20H16FN5OS/c1-13-7-8-14(9-17(13)21)25-18(27)11-28-20-16-10-24-26(19(16)22-12-23-20)15-5-3-2-4-6-15/h2-10,12H,11H2,1H3,(H,25,27). The third-order valence-electron chi connectivity index (χ3n) is 4.13.